The highest BCUT2D eigenvalue weighted by molar-refractivity contribution is 6.33. The van der Waals surface area contributed by atoms with E-state index >= 15 is 0 Å². The summed E-state index contributed by atoms with van der Waals surface area (Å²) >= 11 is 6.25. The quantitative estimate of drug-likeness (QED) is 0.441. The zero-order chi connectivity index (χ0) is 20.9. The van der Waals surface area contributed by atoms with Crippen LogP contribution in [-0.2, 0) is 0 Å². The number of hydrogen-bond donors (Lipinski definition) is 2. The Bertz CT molecular complexity index is 1160. The van der Waals surface area contributed by atoms with E-state index in [2.05, 4.69) is 20.8 Å². The highest BCUT2D eigenvalue weighted by Crippen LogP contribution is 2.29. The van der Waals surface area contributed by atoms with Gasteiger partial charge in [0.1, 0.15) is 6.04 Å². The largest absolute Gasteiger partial charge is 0.418 e. The van der Waals surface area contributed by atoms with Gasteiger partial charge in [0.2, 0.25) is 11.8 Å². The molecule has 4 aromatic rings. The van der Waals surface area contributed by atoms with Crippen molar-refractivity contribution in [2.75, 3.05) is 5.32 Å². The van der Waals surface area contributed by atoms with Gasteiger partial charge in [-0.05, 0) is 36.2 Å². The van der Waals surface area contributed by atoms with Crippen LogP contribution in [0.1, 0.15) is 23.1 Å². The van der Waals surface area contributed by atoms with Crippen molar-refractivity contribution in [2.45, 2.75) is 13.0 Å². The molecule has 2 N–H and O–H groups in total. The van der Waals surface area contributed by atoms with Crippen LogP contribution in [-0.4, -0.2) is 16.2 Å². The van der Waals surface area contributed by atoms with Crippen LogP contribution in [0, 0.1) is 6.92 Å². The molecule has 4 rings (SSSR count). The summed E-state index contributed by atoms with van der Waals surface area (Å²) in [5.74, 6) is 0.550. The minimum Gasteiger partial charge on any atom is -0.418 e. The number of anilines is 1. The Labute approximate surface area is 178 Å². The number of amides is 2. The van der Waals surface area contributed by atoms with Gasteiger partial charge in [0.05, 0.1) is 10.6 Å². The Balaban J connectivity index is 1.62. The predicted molar refractivity (Wildman–Crippen MR) is 116 cm³/mol. The Morgan fingerprint density at radius 2 is 1.63 bits per heavy atom. The molecule has 0 fully saturated rings. The van der Waals surface area contributed by atoms with Crippen LogP contribution < -0.4 is 10.6 Å². The lowest BCUT2D eigenvalue weighted by molar-refractivity contribution is 0.248. The molecule has 0 bridgehead atoms. The maximum Gasteiger partial charge on any atom is 0.320 e. The van der Waals surface area contributed by atoms with E-state index < -0.39 is 6.04 Å². The molecule has 0 saturated carbocycles. The molecule has 0 aliphatic heterocycles. The highest BCUT2D eigenvalue weighted by Gasteiger charge is 2.24. The fourth-order valence-electron chi connectivity index (χ4n) is 3.03. The summed E-state index contributed by atoms with van der Waals surface area (Å²) in [7, 11) is 0. The highest BCUT2D eigenvalue weighted by atomic mass is 35.5. The average molecular weight is 419 g/mol. The van der Waals surface area contributed by atoms with E-state index in [4.69, 9.17) is 16.0 Å². The molecule has 150 valence electrons. The first-order valence-corrected chi connectivity index (χ1v) is 9.76. The number of halogens is 1. The molecule has 7 heteroatoms. The van der Waals surface area contributed by atoms with Crippen LogP contribution in [0.15, 0.2) is 83.3 Å². The van der Waals surface area contributed by atoms with Crippen molar-refractivity contribution in [3.63, 3.8) is 0 Å². The second-order valence-corrected chi connectivity index (χ2v) is 7.09. The smallest absolute Gasteiger partial charge is 0.320 e. The van der Waals surface area contributed by atoms with Gasteiger partial charge in [-0.3, -0.25) is 0 Å². The summed E-state index contributed by atoms with van der Waals surface area (Å²) in [6.45, 7) is 1.93. The van der Waals surface area contributed by atoms with Crippen molar-refractivity contribution in [2.24, 2.45) is 0 Å². The van der Waals surface area contributed by atoms with Crippen molar-refractivity contribution in [1.82, 2.24) is 15.5 Å². The topological polar surface area (TPSA) is 80.0 Å². The number of benzene rings is 3. The van der Waals surface area contributed by atoms with Crippen LogP contribution in [0.25, 0.3) is 11.5 Å². The zero-order valence-corrected chi connectivity index (χ0v) is 16.9. The molecule has 1 heterocycles. The SMILES string of the molecule is Cc1ccccc1NC(=O)N[C@@H](c1ccccc1)c1nnc(-c2ccccc2Cl)o1. The minimum absolute atomic E-state index is 0.260. The van der Waals surface area contributed by atoms with Gasteiger partial charge >= 0.3 is 6.03 Å². The van der Waals surface area contributed by atoms with Crippen LogP contribution in [0.2, 0.25) is 5.02 Å². The van der Waals surface area contributed by atoms with Gasteiger partial charge in [-0.2, -0.15) is 0 Å². The van der Waals surface area contributed by atoms with E-state index in [1.165, 1.54) is 0 Å². The zero-order valence-electron chi connectivity index (χ0n) is 16.2. The summed E-state index contributed by atoms with van der Waals surface area (Å²) in [5.41, 5.74) is 3.13. The molecule has 30 heavy (non-hydrogen) atoms. The fraction of sp³-hybridized carbons (Fsp3) is 0.0870. The number of aromatic nitrogens is 2. The molecule has 0 aliphatic rings. The first-order chi connectivity index (χ1) is 14.6. The number of hydrogen-bond acceptors (Lipinski definition) is 4. The van der Waals surface area contributed by atoms with Gasteiger partial charge in [0.15, 0.2) is 0 Å². The average Bonchev–Trinajstić information content (AvgIpc) is 3.24. The van der Waals surface area contributed by atoms with E-state index in [9.17, 15) is 4.79 Å². The molecule has 0 saturated heterocycles. The van der Waals surface area contributed by atoms with Gasteiger partial charge in [0, 0.05) is 5.69 Å². The summed E-state index contributed by atoms with van der Waals surface area (Å²) in [4.78, 5) is 12.7. The predicted octanol–water partition coefficient (Wildman–Crippen LogP) is 5.61. The van der Waals surface area contributed by atoms with Crippen molar-refractivity contribution in [3.05, 3.63) is 101 Å². The number of aryl methyl sites for hydroxylation is 1. The molecular formula is C23H19ClN4O2. The normalized spacial score (nSPS) is 11.7. The third-order valence-corrected chi connectivity index (χ3v) is 4.92. The van der Waals surface area contributed by atoms with E-state index in [-0.39, 0.29) is 17.8 Å². The van der Waals surface area contributed by atoms with Crippen LogP contribution in [0.5, 0.6) is 0 Å². The maximum absolute atomic E-state index is 12.7. The molecule has 0 spiro atoms. The molecular weight excluding hydrogens is 400 g/mol. The number of carbonyl (C=O) groups excluding carboxylic acids is 1. The Morgan fingerprint density at radius 1 is 0.933 bits per heavy atom. The second kappa shape index (κ2) is 8.80. The van der Waals surface area contributed by atoms with E-state index in [0.717, 1.165) is 16.8 Å². The number of rotatable bonds is 5. The van der Waals surface area contributed by atoms with E-state index in [1.807, 2.05) is 73.7 Å². The second-order valence-electron chi connectivity index (χ2n) is 6.68. The minimum atomic E-state index is -0.626. The third kappa shape index (κ3) is 4.34. The van der Waals surface area contributed by atoms with E-state index in [1.54, 1.807) is 12.1 Å². The first kappa shape index (κ1) is 19.7. The standard InChI is InChI=1S/C23H19ClN4O2/c1-15-9-5-8-14-19(15)25-23(29)26-20(16-10-3-2-4-11-16)22-28-27-21(30-22)17-12-6-7-13-18(17)24/h2-14,20H,1H3,(H2,25,26,29)/t20-/m0/s1. The molecule has 2 amide bonds. The Morgan fingerprint density at radius 3 is 2.40 bits per heavy atom. The monoisotopic (exact) mass is 418 g/mol. The number of nitrogens with zero attached hydrogens (tertiary/aromatic N) is 2. The number of urea groups is 1. The Hall–Kier alpha value is -3.64. The molecule has 0 radical (unpaired) electrons. The van der Waals surface area contributed by atoms with Gasteiger partial charge in [-0.25, -0.2) is 4.79 Å². The Kier molecular flexibility index (Phi) is 5.77. The summed E-state index contributed by atoms with van der Waals surface area (Å²) in [6.07, 6.45) is 0. The van der Waals surface area contributed by atoms with Crippen LogP contribution in [0.4, 0.5) is 10.5 Å². The van der Waals surface area contributed by atoms with Gasteiger partial charge in [-0.15, -0.1) is 10.2 Å². The molecule has 0 unspecified atom stereocenters. The third-order valence-electron chi connectivity index (χ3n) is 4.59. The summed E-state index contributed by atoms with van der Waals surface area (Å²) in [6, 6.07) is 23.2. The molecule has 6 nitrogen and oxygen atoms in total. The van der Waals surface area contributed by atoms with Crippen molar-refractivity contribution in [3.8, 4) is 11.5 Å². The summed E-state index contributed by atoms with van der Waals surface area (Å²) < 4.78 is 5.89. The fourth-order valence-corrected chi connectivity index (χ4v) is 3.25. The van der Waals surface area contributed by atoms with Gasteiger partial charge in [0.25, 0.3) is 0 Å². The van der Waals surface area contributed by atoms with Gasteiger partial charge < -0.3 is 15.1 Å². The van der Waals surface area contributed by atoms with Crippen molar-refractivity contribution < 1.29 is 9.21 Å². The molecule has 0 aliphatic carbocycles. The van der Waals surface area contributed by atoms with E-state index in [0.29, 0.717) is 10.6 Å². The molecule has 1 atom stereocenters. The number of nitrogens with one attached hydrogen (secondary N) is 2. The number of carbonyl (C=O) groups is 1. The molecule has 1 aromatic heterocycles. The maximum atomic E-state index is 12.7. The number of para-hydroxylation sites is 1. The van der Waals surface area contributed by atoms with Crippen molar-refractivity contribution >= 4 is 23.3 Å². The summed E-state index contributed by atoms with van der Waals surface area (Å²) in [5, 5.41) is 14.6. The van der Waals surface area contributed by atoms with Crippen molar-refractivity contribution in [1.29, 1.82) is 0 Å². The lowest BCUT2D eigenvalue weighted by Crippen LogP contribution is -2.33. The lowest BCUT2D eigenvalue weighted by Gasteiger charge is -2.17. The lowest BCUT2D eigenvalue weighted by atomic mass is 10.1. The van der Waals surface area contributed by atoms with Gasteiger partial charge in [-0.1, -0.05) is 72.3 Å². The first-order valence-electron chi connectivity index (χ1n) is 9.38. The van der Waals surface area contributed by atoms with Crippen LogP contribution in [0.3, 0.4) is 0 Å². The molecule has 3 aromatic carbocycles. The van der Waals surface area contributed by atoms with Crippen LogP contribution >= 0.6 is 11.6 Å².